The Bertz CT molecular complexity index is 1520. The van der Waals surface area contributed by atoms with Crippen LogP contribution < -0.4 is 10.5 Å². The molecule has 3 aromatic rings. The Morgan fingerprint density at radius 1 is 1.05 bits per heavy atom. The molecular formula is C29H34F3N5O4S. The largest absolute Gasteiger partial charge is 0.449 e. The first-order valence-electron chi connectivity index (χ1n) is 14.1. The average molecular weight is 606 g/mol. The molecule has 2 saturated heterocycles. The lowest BCUT2D eigenvalue weighted by Crippen LogP contribution is -2.44. The maximum atomic E-state index is 14.2. The Balaban J connectivity index is 1.42. The molecule has 0 unspecified atom stereocenters. The summed E-state index contributed by atoms with van der Waals surface area (Å²) in [7, 11) is 0. The van der Waals surface area contributed by atoms with Crippen LogP contribution in [0, 0.1) is 0 Å². The summed E-state index contributed by atoms with van der Waals surface area (Å²) in [4.78, 5) is 50.8. The zero-order valence-electron chi connectivity index (χ0n) is 23.8. The smallest absolute Gasteiger partial charge is 0.444 e. The molecule has 0 radical (unpaired) electrons. The number of aryl methyl sites for hydroxylation is 1. The van der Waals surface area contributed by atoms with Crippen LogP contribution in [-0.2, 0) is 28.7 Å². The van der Waals surface area contributed by atoms with Gasteiger partial charge in [0.15, 0.2) is 21.3 Å². The fraction of sp³-hybridized carbons (Fsp3) is 0.552. The number of ketones is 1. The highest BCUT2D eigenvalue weighted by Gasteiger charge is 2.41. The van der Waals surface area contributed by atoms with Gasteiger partial charge in [0.05, 0.1) is 12.1 Å². The van der Waals surface area contributed by atoms with Crippen LogP contribution in [0.25, 0.3) is 10.3 Å². The minimum absolute atomic E-state index is 0.0282. The van der Waals surface area contributed by atoms with Crippen molar-refractivity contribution >= 4 is 38.7 Å². The van der Waals surface area contributed by atoms with E-state index in [0.29, 0.717) is 54.9 Å². The summed E-state index contributed by atoms with van der Waals surface area (Å²) in [5, 5.41) is 0.312. The summed E-state index contributed by atoms with van der Waals surface area (Å²) in [6.45, 7) is 5.58. The van der Waals surface area contributed by atoms with Crippen molar-refractivity contribution in [1.29, 1.82) is 0 Å². The van der Waals surface area contributed by atoms with Crippen LogP contribution in [0.3, 0.4) is 0 Å². The number of likely N-dealkylation sites (tertiary alicyclic amines) is 1. The molecule has 0 N–H and O–H groups in total. The summed E-state index contributed by atoms with van der Waals surface area (Å²) in [6.07, 6.45) is -2.29. The van der Waals surface area contributed by atoms with Crippen LogP contribution in [0.15, 0.2) is 35.1 Å². The maximum Gasteiger partial charge on any atom is 0.449 e. The molecule has 2 aliphatic heterocycles. The van der Waals surface area contributed by atoms with Crippen molar-refractivity contribution in [2.75, 3.05) is 18.0 Å². The molecular weight excluding hydrogens is 571 g/mol. The van der Waals surface area contributed by atoms with Gasteiger partial charge in [0.25, 0.3) is 5.56 Å². The van der Waals surface area contributed by atoms with Gasteiger partial charge in [-0.05, 0) is 58.4 Å². The molecule has 42 heavy (non-hydrogen) atoms. The van der Waals surface area contributed by atoms with Gasteiger partial charge in [0.1, 0.15) is 5.60 Å². The molecule has 2 fully saturated rings. The highest BCUT2D eigenvalue weighted by atomic mass is 32.1. The molecule has 5 rings (SSSR count). The minimum Gasteiger partial charge on any atom is -0.444 e. The van der Waals surface area contributed by atoms with Gasteiger partial charge in [0.2, 0.25) is 5.82 Å². The number of alkyl halides is 3. The van der Waals surface area contributed by atoms with E-state index in [9.17, 15) is 27.6 Å². The zero-order chi connectivity index (χ0) is 30.2. The number of rotatable bonds is 7. The Labute approximate surface area is 245 Å². The van der Waals surface area contributed by atoms with Gasteiger partial charge in [-0.25, -0.2) is 14.8 Å². The number of carbonyl (C=O) groups excluding carboxylic acids is 2. The third-order valence-electron chi connectivity index (χ3n) is 7.53. The first kappa shape index (κ1) is 30.0. The van der Waals surface area contributed by atoms with Crippen molar-refractivity contribution in [3.05, 3.63) is 52.1 Å². The van der Waals surface area contributed by atoms with E-state index >= 15 is 0 Å². The molecule has 2 aliphatic rings. The Hall–Kier alpha value is -3.48. The lowest BCUT2D eigenvalue weighted by molar-refractivity contribution is -0.148. The van der Waals surface area contributed by atoms with Crippen molar-refractivity contribution in [3.8, 4) is 0 Å². The number of thiazole rings is 1. The number of benzene rings is 1. The third kappa shape index (κ3) is 6.45. The summed E-state index contributed by atoms with van der Waals surface area (Å²) < 4.78 is 48.7. The number of Topliss-reactive ketones (excluding diaryl/α,β-unsaturated/α-hetero) is 1. The monoisotopic (exact) mass is 605 g/mol. The van der Waals surface area contributed by atoms with Crippen molar-refractivity contribution in [2.45, 2.75) is 89.7 Å². The van der Waals surface area contributed by atoms with E-state index in [0.717, 1.165) is 23.3 Å². The van der Waals surface area contributed by atoms with Crippen molar-refractivity contribution in [3.63, 3.8) is 0 Å². The van der Waals surface area contributed by atoms with Crippen molar-refractivity contribution in [1.82, 2.24) is 19.4 Å². The maximum absolute atomic E-state index is 14.2. The number of anilines is 1. The van der Waals surface area contributed by atoms with Crippen LogP contribution in [-0.4, -0.2) is 62.1 Å². The number of hydrogen-bond acceptors (Lipinski definition) is 8. The molecule has 9 nitrogen and oxygen atoms in total. The molecule has 2 aromatic heterocycles. The first-order chi connectivity index (χ1) is 19.8. The average Bonchev–Trinajstić information content (AvgIpc) is 3.67. The van der Waals surface area contributed by atoms with E-state index in [1.54, 1.807) is 25.7 Å². The number of nitrogens with zero attached hydrogens (tertiary/aromatic N) is 5. The van der Waals surface area contributed by atoms with Crippen LogP contribution in [0.1, 0.15) is 64.3 Å². The molecule has 13 heteroatoms. The first-order valence-corrected chi connectivity index (χ1v) is 14.9. The van der Waals surface area contributed by atoms with Gasteiger partial charge in [0, 0.05) is 26.1 Å². The number of aromatic nitrogens is 3. The second-order valence-electron chi connectivity index (χ2n) is 11.8. The van der Waals surface area contributed by atoms with Gasteiger partial charge < -0.3 is 14.5 Å². The SMILES string of the molecule is CC(C)(C)OC(=O)N1CCC[C@H]1Cn1c(C(F)(F)F)nc2sc(N3CCC[C@@H]3C(=O)CCc3ccccc3)nc2c1=O. The number of amides is 1. The number of ether oxygens (including phenoxy) is 1. The molecule has 1 amide bonds. The summed E-state index contributed by atoms with van der Waals surface area (Å²) in [5.41, 5.74) is -0.817. The van der Waals surface area contributed by atoms with Crippen LogP contribution in [0.2, 0.25) is 0 Å². The minimum atomic E-state index is -4.91. The summed E-state index contributed by atoms with van der Waals surface area (Å²) in [5.74, 6) is -1.30. The molecule has 2 atom stereocenters. The fourth-order valence-electron chi connectivity index (χ4n) is 5.61. The van der Waals surface area contributed by atoms with Crippen LogP contribution >= 0.6 is 11.3 Å². The number of fused-ring (bicyclic) bond motifs is 1. The highest BCUT2D eigenvalue weighted by Crippen LogP contribution is 2.35. The predicted molar refractivity (Wildman–Crippen MR) is 153 cm³/mol. The number of carbonyl (C=O) groups is 2. The topological polar surface area (TPSA) is 97.6 Å². The van der Waals surface area contributed by atoms with Gasteiger partial charge in [-0.15, -0.1) is 0 Å². The second kappa shape index (κ2) is 11.7. The van der Waals surface area contributed by atoms with Crippen molar-refractivity contribution < 1.29 is 27.5 Å². The van der Waals surface area contributed by atoms with E-state index in [1.165, 1.54) is 4.90 Å². The van der Waals surface area contributed by atoms with Crippen LogP contribution in [0.5, 0.6) is 0 Å². The summed E-state index contributed by atoms with van der Waals surface area (Å²) >= 11 is 0.891. The molecule has 0 spiro atoms. The van der Waals surface area contributed by atoms with Crippen molar-refractivity contribution in [2.24, 2.45) is 0 Å². The lowest BCUT2D eigenvalue weighted by Gasteiger charge is -2.29. The van der Waals surface area contributed by atoms with Gasteiger partial charge >= 0.3 is 12.3 Å². The van der Waals surface area contributed by atoms with Crippen LogP contribution in [0.4, 0.5) is 23.1 Å². The Morgan fingerprint density at radius 2 is 1.76 bits per heavy atom. The molecule has 0 saturated carbocycles. The Kier molecular flexibility index (Phi) is 8.32. The third-order valence-corrected chi connectivity index (χ3v) is 8.52. The van der Waals surface area contributed by atoms with E-state index in [1.807, 2.05) is 30.3 Å². The normalized spacial score (nSPS) is 19.6. The van der Waals surface area contributed by atoms with E-state index in [-0.39, 0.29) is 22.7 Å². The molecule has 226 valence electrons. The molecule has 1 aromatic carbocycles. The Morgan fingerprint density at radius 3 is 2.45 bits per heavy atom. The highest BCUT2D eigenvalue weighted by molar-refractivity contribution is 7.21. The quantitative estimate of drug-likeness (QED) is 0.354. The summed E-state index contributed by atoms with van der Waals surface area (Å²) in [6, 6.07) is 8.54. The number of hydrogen-bond donors (Lipinski definition) is 0. The standard InChI is InChI=1S/C29H34F3N5O4S/c1-28(2,3)41-27(40)35-15-7-11-19(35)17-37-24(39)22-23(34-25(37)29(30,31)32)42-26(33-22)36-16-8-12-20(36)21(38)14-13-18-9-5-4-6-10-18/h4-6,9-10,19-20H,7-8,11-17H2,1-3H3/t19-,20+/m0/s1. The molecule has 0 aliphatic carbocycles. The second-order valence-corrected chi connectivity index (χ2v) is 12.7. The van der Waals surface area contributed by atoms with E-state index in [4.69, 9.17) is 4.74 Å². The van der Waals surface area contributed by atoms with Gasteiger partial charge in [-0.3, -0.25) is 14.2 Å². The predicted octanol–water partition coefficient (Wildman–Crippen LogP) is 5.44. The van der Waals surface area contributed by atoms with Gasteiger partial charge in [-0.1, -0.05) is 41.7 Å². The number of halogens is 3. The zero-order valence-corrected chi connectivity index (χ0v) is 24.6. The fourth-order valence-corrected chi connectivity index (χ4v) is 6.62. The van der Waals surface area contributed by atoms with E-state index in [2.05, 4.69) is 9.97 Å². The molecule has 4 heterocycles. The van der Waals surface area contributed by atoms with E-state index < -0.39 is 41.3 Å². The van der Waals surface area contributed by atoms with Gasteiger partial charge in [-0.2, -0.15) is 13.2 Å². The molecule has 0 bridgehead atoms. The lowest BCUT2D eigenvalue weighted by atomic mass is 10.0.